The number of nitrogens with zero attached hydrogens (tertiary/aromatic N) is 3. The minimum absolute atomic E-state index is 0.125. The molecule has 0 aliphatic carbocycles. The van der Waals surface area contributed by atoms with E-state index in [1.165, 1.54) is 0 Å². The van der Waals surface area contributed by atoms with Gasteiger partial charge in [0.25, 0.3) is 0 Å². The van der Waals surface area contributed by atoms with Crippen molar-refractivity contribution in [3.05, 3.63) is 52.2 Å². The number of carbonyl (C=O) groups excluding carboxylic acids is 1. The number of methoxy groups -OCH3 is 1. The van der Waals surface area contributed by atoms with E-state index in [2.05, 4.69) is 44.8 Å². The summed E-state index contributed by atoms with van der Waals surface area (Å²) in [6.45, 7) is 7.68. The third-order valence-corrected chi connectivity index (χ3v) is 5.84. The molecule has 1 N–H and O–H groups in total. The smallest absolute Gasteiger partial charge is 0.338 e. The maximum Gasteiger partial charge on any atom is 0.338 e. The molecule has 0 spiro atoms. The molecule has 0 radical (unpaired) electrons. The Kier molecular flexibility index (Phi) is 7.02. The number of fused-ring (bicyclic) bond motifs is 1. The summed E-state index contributed by atoms with van der Waals surface area (Å²) in [4.78, 5) is 17.5. The number of rotatable bonds is 8. The number of hydrogen-bond donors (Lipinski definition) is 1. The second kappa shape index (κ2) is 9.49. The van der Waals surface area contributed by atoms with Crippen molar-refractivity contribution < 1.29 is 14.3 Å². The molecule has 0 fully saturated rings. The minimum atomic E-state index is -0.542. The average Bonchev–Trinajstić information content (AvgIpc) is 3.11. The molecule has 1 aliphatic heterocycles. The number of carbonyl (C=O) groups is 1. The zero-order chi connectivity index (χ0) is 21.0. The van der Waals surface area contributed by atoms with Gasteiger partial charge in [0.15, 0.2) is 0 Å². The Bertz CT molecular complexity index is 957. The molecule has 0 saturated carbocycles. The van der Waals surface area contributed by atoms with Crippen molar-refractivity contribution in [3.8, 4) is 5.75 Å². The molecular weight excluding hydrogens is 456 g/mol. The van der Waals surface area contributed by atoms with E-state index in [-0.39, 0.29) is 6.61 Å². The van der Waals surface area contributed by atoms with Gasteiger partial charge in [-0.3, -0.25) is 0 Å². The van der Waals surface area contributed by atoms with Crippen molar-refractivity contribution in [2.45, 2.75) is 31.5 Å². The van der Waals surface area contributed by atoms with Crippen LogP contribution in [0.3, 0.4) is 0 Å². The van der Waals surface area contributed by atoms with E-state index in [1.54, 1.807) is 29.6 Å². The van der Waals surface area contributed by atoms with E-state index in [4.69, 9.17) is 9.47 Å². The van der Waals surface area contributed by atoms with Crippen molar-refractivity contribution in [1.29, 1.82) is 0 Å². The van der Waals surface area contributed by atoms with E-state index in [1.807, 2.05) is 25.1 Å². The fourth-order valence-corrected chi connectivity index (χ4v) is 4.13. The monoisotopic (exact) mass is 478 g/mol. The highest BCUT2D eigenvalue weighted by atomic mass is 79.9. The fourth-order valence-electron chi connectivity index (χ4n) is 3.07. The van der Waals surface area contributed by atoms with Crippen LogP contribution in [0.1, 0.15) is 31.9 Å². The zero-order valence-electron chi connectivity index (χ0n) is 16.6. The molecule has 1 aromatic carbocycles. The largest absolute Gasteiger partial charge is 0.496 e. The third kappa shape index (κ3) is 4.51. The normalized spacial score (nSPS) is 15.5. The SMILES string of the molecule is C=CCOC(=O)C1=C(C)Nc2nc(SCCC)nn2C1c1cc(Br)ccc1OC. The molecule has 9 heteroatoms. The number of anilines is 1. The highest BCUT2D eigenvalue weighted by Crippen LogP contribution is 2.41. The Morgan fingerprint density at radius 1 is 1.48 bits per heavy atom. The highest BCUT2D eigenvalue weighted by molar-refractivity contribution is 9.10. The standard InChI is InChI=1S/C20H23BrN4O3S/c1-5-9-28-18(26)16-12(3)22-19-23-20(29-10-6-2)24-25(19)17(16)14-11-13(21)7-8-15(14)27-4/h5,7-8,11,17H,1,6,9-10H2,2-4H3,(H,22,23,24). The average molecular weight is 479 g/mol. The van der Waals surface area contributed by atoms with E-state index < -0.39 is 12.0 Å². The van der Waals surface area contributed by atoms with Crippen LogP contribution in [0.2, 0.25) is 0 Å². The number of esters is 1. The van der Waals surface area contributed by atoms with Crippen LogP contribution in [0.5, 0.6) is 5.75 Å². The number of halogens is 1. The Labute approximate surface area is 182 Å². The molecule has 7 nitrogen and oxygen atoms in total. The van der Waals surface area contributed by atoms with Gasteiger partial charge < -0.3 is 14.8 Å². The summed E-state index contributed by atoms with van der Waals surface area (Å²) in [5.41, 5.74) is 1.90. The summed E-state index contributed by atoms with van der Waals surface area (Å²) in [6, 6.07) is 5.13. The number of hydrogen-bond acceptors (Lipinski definition) is 7. The van der Waals surface area contributed by atoms with Gasteiger partial charge in [-0.25, -0.2) is 9.48 Å². The predicted octanol–water partition coefficient (Wildman–Crippen LogP) is 4.57. The van der Waals surface area contributed by atoms with Gasteiger partial charge in [-0.2, -0.15) is 4.98 Å². The van der Waals surface area contributed by atoms with Crippen molar-refractivity contribution in [3.63, 3.8) is 0 Å². The number of ether oxygens (including phenoxy) is 2. The maximum atomic E-state index is 12.9. The summed E-state index contributed by atoms with van der Waals surface area (Å²) < 4.78 is 13.5. The summed E-state index contributed by atoms with van der Waals surface area (Å²) in [5, 5.41) is 8.52. The summed E-state index contributed by atoms with van der Waals surface area (Å²) in [6.07, 6.45) is 2.56. The minimum Gasteiger partial charge on any atom is -0.496 e. The maximum absolute atomic E-state index is 12.9. The van der Waals surface area contributed by atoms with Crippen molar-refractivity contribution in [2.24, 2.45) is 0 Å². The lowest BCUT2D eigenvalue weighted by molar-refractivity contribution is -0.138. The number of benzene rings is 1. The molecule has 2 aromatic rings. The molecule has 0 bridgehead atoms. The molecule has 1 unspecified atom stereocenters. The first kappa shape index (κ1) is 21.4. The first-order valence-corrected chi connectivity index (χ1v) is 11.0. The highest BCUT2D eigenvalue weighted by Gasteiger charge is 2.36. The summed E-state index contributed by atoms with van der Waals surface area (Å²) >= 11 is 5.10. The summed E-state index contributed by atoms with van der Waals surface area (Å²) in [7, 11) is 1.60. The molecule has 29 heavy (non-hydrogen) atoms. The van der Waals surface area contributed by atoms with Crippen LogP contribution in [-0.4, -0.2) is 40.2 Å². The number of nitrogens with one attached hydrogen (secondary N) is 1. The van der Waals surface area contributed by atoms with E-state index in [9.17, 15) is 4.79 Å². The zero-order valence-corrected chi connectivity index (χ0v) is 19.0. The Hall–Kier alpha value is -2.26. The fraction of sp³-hybridized carbons (Fsp3) is 0.350. The van der Waals surface area contributed by atoms with Crippen LogP contribution in [0.25, 0.3) is 0 Å². The predicted molar refractivity (Wildman–Crippen MR) is 117 cm³/mol. The molecule has 3 rings (SSSR count). The van der Waals surface area contributed by atoms with Gasteiger partial charge in [-0.05, 0) is 31.5 Å². The van der Waals surface area contributed by atoms with Gasteiger partial charge in [0, 0.05) is 21.5 Å². The second-order valence-corrected chi connectivity index (χ2v) is 8.33. The first-order valence-electron chi connectivity index (χ1n) is 9.18. The lowest BCUT2D eigenvalue weighted by Gasteiger charge is -2.29. The van der Waals surface area contributed by atoms with Gasteiger partial charge in [0.05, 0.1) is 12.7 Å². The molecule has 0 saturated heterocycles. The van der Waals surface area contributed by atoms with Gasteiger partial charge >= 0.3 is 5.97 Å². The molecule has 1 aromatic heterocycles. The first-order chi connectivity index (χ1) is 14.0. The van der Waals surface area contributed by atoms with Crippen LogP contribution in [0, 0.1) is 0 Å². The van der Waals surface area contributed by atoms with Crippen molar-refractivity contribution in [1.82, 2.24) is 14.8 Å². The van der Waals surface area contributed by atoms with Gasteiger partial charge in [-0.15, -0.1) is 5.10 Å². The van der Waals surface area contributed by atoms with E-state index in [0.29, 0.717) is 28.1 Å². The Balaban J connectivity index is 2.15. The van der Waals surface area contributed by atoms with Gasteiger partial charge in [0.1, 0.15) is 18.4 Å². The van der Waals surface area contributed by atoms with Gasteiger partial charge in [-0.1, -0.05) is 47.3 Å². The van der Waals surface area contributed by atoms with Crippen molar-refractivity contribution in [2.75, 3.05) is 24.8 Å². The van der Waals surface area contributed by atoms with Crippen LogP contribution >= 0.6 is 27.7 Å². The molecule has 2 heterocycles. The van der Waals surface area contributed by atoms with Crippen LogP contribution in [0.4, 0.5) is 5.95 Å². The van der Waals surface area contributed by atoms with Crippen LogP contribution in [0.15, 0.2) is 51.8 Å². The van der Waals surface area contributed by atoms with E-state index >= 15 is 0 Å². The molecule has 154 valence electrons. The topological polar surface area (TPSA) is 78.3 Å². The Morgan fingerprint density at radius 3 is 2.97 bits per heavy atom. The third-order valence-electron chi connectivity index (χ3n) is 4.31. The van der Waals surface area contributed by atoms with Crippen LogP contribution < -0.4 is 10.1 Å². The number of aromatic nitrogens is 3. The molecule has 1 atom stereocenters. The molecule has 0 amide bonds. The Morgan fingerprint density at radius 2 is 2.28 bits per heavy atom. The second-order valence-electron chi connectivity index (χ2n) is 6.35. The lowest BCUT2D eigenvalue weighted by atomic mass is 9.95. The summed E-state index contributed by atoms with van der Waals surface area (Å²) in [5.74, 6) is 1.69. The molecule has 1 aliphatic rings. The van der Waals surface area contributed by atoms with Gasteiger partial charge in [0.2, 0.25) is 11.1 Å². The number of allylic oxidation sites excluding steroid dienone is 1. The quantitative estimate of drug-likeness (QED) is 0.338. The molecular formula is C20H23BrN4O3S. The number of thioether (sulfide) groups is 1. The van der Waals surface area contributed by atoms with E-state index in [0.717, 1.165) is 22.2 Å². The van der Waals surface area contributed by atoms with Crippen molar-refractivity contribution >= 4 is 39.6 Å². The lowest BCUT2D eigenvalue weighted by Crippen LogP contribution is -2.30. The van der Waals surface area contributed by atoms with Crippen LogP contribution in [-0.2, 0) is 9.53 Å².